The van der Waals surface area contributed by atoms with Crippen LogP contribution >= 0.6 is 0 Å². The summed E-state index contributed by atoms with van der Waals surface area (Å²) in [5.74, 6) is -1.43. The van der Waals surface area contributed by atoms with Crippen molar-refractivity contribution in [3.05, 3.63) is 69.5 Å². The normalized spacial score (nSPS) is 17.9. The van der Waals surface area contributed by atoms with Gasteiger partial charge in [0.25, 0.3) is 0 Å². The van der Waals surface area contributed by atoms with E-state index in [4.69, 9.17) is 4.74 Å². The summed E-state index contributed by atoms with van der Waals surface area (Å²) in [6.45, 7) is -0.584. The summed E-state index contributed by atoms with van der Waals surface area (Å²) in [7, 11) is 0. The van der Waals surface area contributed by atoms with Crippen molar-refractivity contribution in [3.8, 4) is 5.75 Å². The number of nitrogens with zero attached hydrogens (tertiary/aromatic N) is 2. The Hall–Kier alpha value is -3.42. The average Bonchev–Trinajstić information content (AvgIpc) is 3.52. The molecule has 1 aliphatic carbocycles. The van der Waals surface area contributed by atoms with Gasteiger partial charge in [-0.1, -0.05) is 24.3 Å². The van der Waals surface area contributed by atoms with Gasteiger partial charge in [-0.15, -0.1) is 0 Å². The third kappa shape index (κ3) is 3.13. The molecule has 3 aromatic rings. The molecule has 0 radical (unpaired) electrons. The third-order valence-electron chi connectivity index (χ3n) is 6.13. The molecule has 6 nitrogen and oxygen atoms in total. The van der Waals surface area contributed by atoms with E-state index in [-0.39, 0.29) is 34.3 Å². The van der Waals surface area contributed by atoms with Crippen LogP contribution in [0, 0.1) is 0 Å². The molecule has 2 aromatic carbocycles. The summed E-state index contributed by atoms with van der Waals surface area (Å²) in [6.07, 6.45) is 2.82. The lowest BCUT2D eigenvalue weighted by Gasteiger charge is -2.28. The highest BCUT2D eigenvalue weighted by atomic mass is 19.3. The van der Waals surface area contributed by atoms with Gasteiger partial charge in [0.2, 0.25) is 5.43 Å². The molecule has 160 valence electrons. The Kier molecular flexibility index (Phi) is 4.46. The highest BCUT2D eigenvalue weighted by Crippen LogP contribution is 2.46. The number of anilines is 1. The summed E-state index contributed by atoms with van der Waals surface area (Å²) in [4.78, 5) is 26.4. The van der Waals surface area contributed by atoms with E-state index < -0.39 is 18.0 Å². The molecule has 0 spiro atoms. The molecule has 8 heteroatoms. The Labute approximate surface area is 176 Å². The molecule has 2 heterocycles. The van der Waals surface area contributed by atoms with Crippen LogP contribution in [0.1, 0.15) is 53.3 Å². The molecule has 0 unspecified atom stereocenters. The smallest absolute Gasteiger partial charge is 0.387 e. The minimum Gasteiger partial charge on any atom is -0.477 e. The van der Waals surface area contributed by atoms with Gasteiger partial charge in [-0.05, 0) is 43.0 Å². The maximum Gasteiger partial charge on any atom is 0.387 e. The minimum atomic E-state index is -3.09. The van der Waals surface area contributed by atoms with E-state index in [1.165, 1.54) is 12.3 Å². The fourth-order valence-electron chi connectivity index (χ4n) is 4.50. The fraction of sp³-hybridized carbons (Fsp3) is 0.304. The second-order valence-electron chi connectivity index (χ2n) is 8.01. The van der Waals surface area contributed by atoms with Gasteiger partial charge in [0.1, 0.15) is 5.56 Å². The van der Waals surface area contributed by atoms with Gasteiger partial charge < -0.3 is 19.3 Å². The minimum absolute atomic E-state index is 0.0512. The van der Waals surface area contributed by atoms with Crippen LogP contribution in [0.4, 0.5) is 14.5 Å². The molecule has 1 fully saturated rings. The van der Waals surface area contributed by atoms with Crippen LogP contribution in [0.25, 0.3) is 10.9 Å². The Morgan fingerprint density at radius 3 is 2.58 bits per heavy atom. The van der Waals surface area contributed by atoms with Gasteiger partial charge in [0.05, 0.1) is 22.6 Å². The number of pyridine rings is 1. The number of hydrogen-bond acceptors (Lipinski definition) is 4. The van der Waals surface area contributed by atoms with Crippen molar-refractivity contribution in [1.29, 1.82) is 0 Å². The first-order valence-electron chi connectivity index (χ1n) is 10.1. The highest BCUT2D eigenvalue weighted by Gasteiger charge is 2.33. The largest absolute Gasteiger partial charge is 0.477 e. The first-order chi connectivity index (χ1) is 14.9. The Morgan fingerprint density at radius 2 is 1.94 bits per heavy atom. The lowest BCUT2D eigenvalue weighted by Crippen LogP contribution is -2.23. The fourth-order valence-corrected chi connectivity index (χ4v) is 4.50. The van der Waals surface area contributed by atoms with Crippen molar-refractivity contribution in [2.45, 2.75) is 45.0 Å². The van der Waals surface area contributed by atoms with E-state index in [0.29, 0.717) is 12.2 Å². The first kappa shape index (κ1) is 19.5. The van der Waals surface area contributed by atoms with E-state index in [2.05, 4.69) is 0 Å². The van der Waals surface area contributed by atoms with Crippen LogP contribution in [0.15, 0.2) is 47.4 Å². The van der Waals surface area contributed by atoms with Crippen LogP contribution in [0.5, 0.6) is 5.75 Å². The van der Waals surface area contributed by atoms with Gasteiger partial charge in [0.15, 0.2) is 5.75 Å². The molecular weight excluding hydrogens is 406 g/mol. The maximum atomic E-state index is 13.5. The van der Waals surface area contributed by atoms with Gasteiger partial charge in [-0.3, -0.25) is 4.79 Å². The van der Waals surface area contributed by atoms with Crippen LogP contribution in [0.2, 0.25) is 0 Å². The SMILES string of the molecule is C[C@@H]1c2ccccc2CN1c1ccc2c(=O)c(C(=O)O)cn(C3CC3)c2c1OC(F)F. The number of fused-ring (bicyclic) bond motifs is 2. The number of hydrogen-bond donors (Lipinski definition) is 1. The third-order valence-corrected chi connectivity index (χ3v) is 6.13. The molecule has 1 atom stereocenters. The number of aromatic carboxylic acids is 1. The summed E-state index contributed by atoms with van der Waals surface area (Å²) in [6, 6.07) is 10.9. The van der Waals surface area contributed by atoms with Gasteiger partial charge in [0, 0.05) is 18.8 Å². The summed E-state index contributed by atoms with van der Waals surface area (Å²) >= 11 is 0. The van der Waals surface area contributed by atoms with Crippen molar-refractivity contribution in [2.75, 3.05) is 4.90 Å². The molecule has 2 aliphatic rings. The number of carboxylic acids is 1. The molecule has 5 rings (SSSR count). The number of carbonyl (C=O) groups is 1. The predicted molar refractivity (Wildman–Crippen MR) is 111 cm³/mol. The predicted octanol–water partition coefficient (Wildman–Crippen LogP) is 4.72. The average molecular weight is 426 g/mol. The van der Waals surface area contributed by atoms with Crippen molar-refractivity contribution in [3.63, 3.8) is 0 Å². The van der Waals surface area contributed by atoms with Crippen LogP contribution < -0.4 is 15.1 Å². The van der Waals surface area contributed by atoms with Crippen LogP contribution in [-0.2, 0) is 6.54 Å². The maximum absolute atomic E-state index is 13.5. The Balaban J connectivity index is 1.77. The van der Waals surface area contributed by atoms with Gasteiger partial charge >= 0.3 is 12.6 Å². The number of rotatable bonds is 5. The Morgan fingerprint density at radius 1 is 1.19 bits per heavy atom. The van der Waals surface area contributed by atoms with Crippen molar-refractivity contribution in [2.24, 2.45) is 0 Å². The van der Waals surface area contributed by atoms with E-state index in [0.717, 1.165) is 24.0 Å². The highest BCUT2D eigenvalue weighted by molar-refractivity contribution is 5.97. The summed E-state index contributed by atoms with van der Waals surface area (Å²) in [5, 5.41) is 9.52. The zero-order valence-corrected chi connectivity index (χ0v) is 16.7. The molecule has 1 saturated carbocycles. The molecule has 1 N–H and O–H groups in total. The number of aromatic nitrogens is 1. The van der Waals surface area contributed by atoms with Crippen molar-refractivity contribution >= 4 is 22.6 Å². The molecule has 31 heavy (non-hydrogen) atoms. The lowest BCUT2D eigenvalue weighted by molar-refractivity contribution is -0.0487. The molecule has 0 bridgehead atoms. The molecule has 1 aliphatic heterocycles. The van der Waals surface area contributed by atoms with Crippen molar-refractivity contribution in [1.82, 2.24) is 4.57 Å². The summed E-state index contributed by atoms with van der Waals surface area (Å²) in [5.41, 5.74) is 1.79. The molecule has 0 amide bonds. The number of halogens is 2. The lowest BCUT2D eigenvalue weighted by atomic mass is 10.1. The van der Waals surface area contributed by atoms with E-state index >= 15 is 0 Å². The number of ether oxygens (including phenoxy) is 1. The molecule has 1 aromatic heterocycles. The zero-order valence-electron chi connectivity index (χ0n) is 16.7. The van der Waals surface area contributed by atoms with Gasteiger partial charge in [-0.25, -0.2) is 4.79 Å². The molecule has 0 saturated heterocycles. The van der Waals surface area contributed by atoms with Crippen molar-refractivity contribution < 1.29 is 23.4 Å². The quantitative estimate of drug-likeness (QED) is 0.639. The first-order valence-corrected chi connectivity index (χ1v) is 10.1. The standard InChI is InChI=1S/C23H20F2N2O4/c1-12-15-5-3-2-4-13(15)10-26(12)18-9-8-16-19(21(18)31-23(24)25)27(14-6-7-14)11-17(20(16)28)22(29)30/h2-5,8-9,11-12,14,23H,6-7,10H2,1H3,(H,29,30)/t12-/m1/s1. The second kappa shape index (κ2) is 7.08. The monoisotopic (exact) mass is 426 g/mol. The topological polar surface area (TPSA) is 71.8 Å². The van der Waals surface area contributed by atoms with Crippen LogP contribution in [0.3, 0.4) is 0 Å². The van der Waals surface area contributed by atoms with E-state index in [1.807, 2.05) is 36.1 Å². The number of carboxylic acid groups (broad SMARTS) is 1. The molecular formula is C23H20F2N2O4. The number of alkyl halides is 2. The second-order valence-corrected chi connectivity index (χ2v) is 8.01. The van der Waals surface area contributed by atoms with Gasteiger partial charge in [-0.2, -0.15) is 8.78 Å². The number of benzene rings is 2. The van der Waals surface area contributed by atoms with E-state index in [1.54, 1.807) is 10.6 Å². The van der Waals surface area contributed by atoms with E-state index in [9.17, 15) is 23.5 Å². The summed E-state index contributed by atoms with van der Waals surface area (Å²) < 4.78 is 33.6. The Bertz CT molecular complexity index is 1270. The zero-order chi connectivity index (χ0) is 21.9. The van der Waals surface area contributed by atoms with Crippen LogP contribution in [-0.4, -0.2) is 22.3 Å².